The van der Waals surface area contributed by atoms with E-state index in [0.717, 1.165) is 12.8 Å². The van der Waals surface area contributed by atoms with Gasteiger partial charge in [-0.1, -0.05) is 37.4 Å². The van der Waals surface area contributed by atoms with Crippen LogP contribution in [-0.4, -0.2) is 60.0 Å². The lowest BCUT2D eigenvalue weighted by Gasteiger charge is -2.26. The zero-order chi connectivity index (χ0) is 20.5. The molecule has 1 aliphatic heterocycles. The minimum absolute atomic E-state index is 0.149. The van der Waals surface area contributed by atoms with Crippen LogP contribution in [0.5, 0.6) is 0 Å². The minimum Gasteiger partial charge on any atom is -0.352 e. The van der Waals surface area contributed by atoms with Crippen LogP contribution in [0.1, 0.15) is 32.6 Å². The van der Waals surface area contributed by atoms with Gasteiger partial charge in [-0.2, -0.15) is 0 Å². The van der Waals surface area contributed by atoms with E-state index in [0.29, 0.717) is 49.7 Å². The van der Waals surface area contributed by atoms with E-state index in [4.69, 9.17) is 17.3 Å². The monoisotopic (exact) mass is 409 g/mol. The van der Waals surface area contributed by atoms with Gasteiger partial charge in [-0.3, -0.25) is 4.79 Å². The molecular weight excluding hydrogens is 382 g/mol. The molecule has 1 aromatic rings. The predicted octanol–water partition coefficient (Wildman–Crippen LogP) is 2.63. The summed E-state index contributed by atoms with van der Waals surface area (Å²) < 4.78 is 0. The van der Waals surface area contributed by atoms with Gasteiger partial charge in [-0.25, -0.2) is 9.59 Å². The number of hydrogen-bond donors (Lipinski definition) is 3. The highest BCUT2D eigenvalue weighted by Crippen LogP contribution is 2.16. The van der Waals surface area contributed by atoms with Gasteiger partial charge in [0.25, 0.3) is 0 Å². The lowest BCUT2D eigenvalue weighted by atomic mass is 10.1. The summed E-state index contributed by atoms with van der Waals surface area (Å²) in [5, 5.41) is 5.92. The smallest absolute Gasteiger partial charge is 0.321 e. The van der Waals surface area contributed by atoms with Crippen molar-refractivity contribution in [3.8, 4) is 0 Å². The van der Waals surface area contributed by atoms with Crippen molar-refractivity contribution in [2.24, 2.45) is 5.73 Å². The Labute approximate surface area is 170 Å². The van der Waals surface area contributed by atoms with Crippen LogP contribution in [0.2, 0.25) is 5.02 Å². The molecule has 0 aromatic heterocycles. The highest BCUT2D eigenvalue weighted by atomic mass is 35.5. The Morgan fingerprint density at radius 1 is 1.18 bits per heavy atom. The van der Waals surface area contributed by atoms with E-state index in [2.05, 4.69) is 10.6 Å². The van der Waals surface area contributed by atoms with Crippen LogP contribution in [0.15, 0.2) is 24.3 Å². The zero-order valence-electron chi connectivity index (χ0n) is 16.1. The second kappa shape index (κ2) is 10.8. The van der Waals surface area contributed by atoms with Crippen molar-refractivity contribution in [2.45, 2.75) is 38.6 Å². The molecule has 0 bridgehead atoms. The first kappa shape index (κ1) is 21.8. The van der Waals surface area contributed by atoms with Crippen molar-refractivity contribution in [3.63, 3.8) is 0 Å². The third-order valence-electron chi connectivity index (χ3n) is 4.63. The van der Waals surface area contributed by atoms with E-state index in [9.17, 15) is 14.4 Å². The summed E-state index contributed by atoms with van der Waals surface area (Å²) >= 11 is 5.95. The Bertz CT molecular complexity index is 700. The number of hydrogen-bond acceptors (Lipinski definition) is 3. The van der Waals surface area contributed by atoms with Gasteiger partial charge in [0.15, 0.2) is 0 Å². The van der Waals surface area contributed by atoms with E-state index >= 15 is 0 Å². The summed E-state index contributed by atoms with van der Waals surface area (Å²) in [6.45, 7) is 3.91. The number of unbranched alkanes of at least 4 members (excludes halogenated alkanes) is 1. The lowest BCUT2D eigenvalue weighted by Crippen LogP contribution is -2.51. The molecule has 1 atom stereocenters. The molecule has 1 heterocycles. The summed E-state index contributed by atoms with van der Waals surface area (Å²) in [4.78, 5) is 40.0. The average molecular weight is 410 g/mol. The Morgan fingerprint density at radius 3 is 2.57 bits per heavy atom. The number of nitrogens with two attached hydrogens (primary N) is 1. The van der Waals surface area contributed by atoms with E-state index in [1.807, 2.05) is 6.92 Å². The average Bonchev–Trinajstić information content (AvgIpc) is 2.90. The second-order valence-electron chi connectivity index (χ2n) is 6.81. The highest BCUT2D eigenvalue weighted by Gasteiger charge is 2.27. The first-order valence-electron chi connectivity index (χ1n) is 9.57. The maximum atomic E-state index is 12.8. The van der Waals surface area contributed by atoms with Crippen LogP contribution in [0.4, 0.5) is 15.3 Å². The quantitative estimate of drug-likeness (QED) is 0.672. The molecule has 1 aromatic carbocycles. The number of urea groups is 2. The molecule has 28 heavy (non-hydrogen) atoms. The topological polar surface area (TPSA) is 108 Å². The summed E-state index contributed by atoms with van der Waals surface area (Å²) in [6, 6.07) is 5.40. The number of halogens is 1. The molecule has 0 spiro atoms. The summed E-state index contributed by atoms with van der Waals surface area (Å²) in [5.74, 6) is -0.149. The standard InChI is InChI=1S/C19H28ClN5O3/c1-2-3-8-16(23-18(21)27)17(26)24-9-5-10-25(12-11-24)19(28)22-15-7-4-6-14(20)13-15/h4,6-7,13,16H,2-3,5,8-12H2,1H3,(H,22,28)(H3,21,23,27). The van der Waals surface area contributed by atoms with E-state index in [-0.39, 0.29) is 11.9 Å². The molecule has 4 N–H and O–H groups in total. The van der Waals surface area contributed by atoms with Gasteiger partial charge < -0.3 is 26.2 Å². The number of carbonyl (C=O) groups excluding carboxylic acids is 3. The van der Waals surface area contributed by atoms with Gasteiger partial charge in [0.2, 0.25) is 5.91 Å². The number of anilines is 1. The predicted molar refractivity (Wildman–Crippen MR) is 109 cm³/mol. The highest BCUT2D eigenvalue weighted by molar-refractivity contribution is 6.30. The van der Waals surface area contributed by atoms with Crippen molar-refractivity contribution in [1.29, 1.82) is 0 Å². The molecule has 2 rings (SSSR count). The molecule has 9 heteroatoms. The van der Waals surface area contributed by atoms with Crippen molar-refractivity contribution in [2.75, 3.05) is 31.5 Å². The molecule has 0 saturated carbocycles. The van der Waals surface area contributed by atoms with E-state index in [1.165, 1.54) is 0 Å². The molecule has 5 amide bonds. The fourth-order valence-electron chi connectivity index (χ4n) is 3.17. The third-order valence-corrected chi connectivity index (χ3v) is 4.87. The number of benzene rings is 1. The SMILES string of the molecule is CCCCC(NC(N)=O)C(=O)N1CCCN(C(=O)Nc2cccc(Cl)c2)CC1. The van der Waals surface area contributed by atoms with Crippen molar-refractivity contribution < 1.29 is 14.4 Å². The Kier molecular flexibility index (Phi) is 8.38. The molecular formula is C19H28ClN5O3. The maximum Gasteiger partial charge on any atom is 0.321 e. The van der Waals surface area contributed by atoms with Crippen LogP contribution in [-0.2, 0) is 4.79 Å². The molecule has 1 aliphatic rings. The zero-order valence-corrected chi connectivity index (χ0v) is 16.9. The fourth-order valence-corrected chi connectivity index (χ4v) is 3.36. The Morgan fingerprint density at radius 2 is 1.89 bits per heavy atom. The summed E-state index contributed by atoms with van der Waals surface area (Å²) in [5.41, 5.74) is 5.84. The Hall–Kier alpha value is -2.48. The van der Waals surface area contributed by atoms with Gasteiger partial charge in [0.05, 0.1) is 0 Å². The molecule has 8 nitrogen and oxygen atoms in total. The van der Waals surface area contributed by atoms with Crippen LogP contribution >= 0.6 is 11.6 Å². The van der Waals surface area contributed by atoms with Gasteiger partial charge in [-0.15, -0.1) is 0 Å². The number of primary amides is 1. The lowest BCUT2D eigenvalue weighted by molar-refractivity contribution is -0.133. The van der Waals surface area contributed by atoms with Crippen LogP contribution in [0.25, 0.3) is 0 Å². The first-order valence-corrected chi connectivity index (χ1v) is 9.94. The minimum atomic E-state index is -0.702. The van der Waals surface area contributed by atoms with Crippen LogP contribution < -0.4 is 16.4 Å². The first-order chi connectivity index (χ1) is 13.4. The number of rotatable bonds is 6. The second-order valence-corrected chi connectivity index (χ2v) is 7.25. The summed E-state index contributed by atoms with van der Waals surface area (Å²) in [7, 11) is 0. The molecule has 154 valence electrons. The van der Waals surface area contributed by atoms with Crippen LogP contribution in [0.3, 0.4) is 0 Å². The molecule has 1 saturated heterocycles. The number of nitrogens with one attached hydrogen (secondary N) is 2. The van der Waals surface area contributed by atoms with E-state index < -0.39 is 12.1 Å². The van der Waals surface area contributed by atoms with Gasteiger partial charge in [-0.05, 0) is 31.0 Å². The fraction of sp³-hybridized carbons (Fsp3) is 0.526. The largest absolute Gasteiger partial charge is 0.352 e. The number of nitrogens with zero attached hydrogens (tertiary/aromatic N) is 2. The van der Waals surface area contributed by atoms with Crippen molar-refractivity contribution >= 4 is 35.3 Å². The normalized spacial score (nSPS) is 15.5. The van der Waals surface area contributed by atoms with Gasteiger partial charge in [0, 0.05) is 36.9 Å². The third kappa shape index (κ3) is 6.60. The number of amides is 5. The molecule has 0 aliphatic carbocycles. The molecule has 1 unspecified atom stereocenters. The van der Waals surface area contributed by atoms with Gasteiger partial charge in [0.1, 0.15) is 6.04 Å². The van der Waals surface area contributed by atoms with E-state index in [1.54, 1.807) is 34.1 Å². The van der Waals surface area contributed by atoms with Gasteiger partial charge >= 0.3 is 12.1 Å². The maximum absolute atomic E-state index is 12.8. The Balaban J connectivity index is 1.94. The van der Waals surface area contributed by atoms with Crippen molar-refractivity contribution in [1.82, 2.24) is 15.1 Å². The molecule has 1 fully saturated rings. The number of carbonyl (C=O) groups is 3. The molecule has 0 radical (unpaired) electrons. The summed E-state index contributed by atoms with van der Waals surface area (Å²) in [6.07, 6.45) is 2.94. The van der Waals surface area contributed by atoms with Crippen LogP contribution in [0, 0.1) is 0 Å². The van der Waals surface area contributed by atoms with Crippen molar-refractivity contribution in [3.05, 3.63) is 29.3 Å².